The predicted octanol–water partition coefficient (Wildman–Crippen LogP) is 3.56. The summed E-state index contributed by atoms with van der Waals surface area (Å²) in [4.78, 5) is 40.6. The topological polar surface area (TPSA) is 102 Å². The number of imide groups is 1. The lowest BCUT2D eigenvalue weighted by molar-refractivity contribution is -0.120. The van der Waals surface area contributed by atoms with E-state index in [1.807, 2.05) is 0 Å². The summed E-state index contributed by atoms with van der Waals surface area (Å²) >= 11 is 0. The van der Waals surface area contributed by atoms with Gasteiger partial charge in [-0.2, -0.15) is 0 Å². The molecule has 8 nitrogen and oxygen atoms in total. The number of anilines is 2. The molecular formula is C25H32N4O4. The number of phenols is 1. The number of aromatic hydroxyl groups is 1. The van der Waals surface area contributed by atoms with Crippen LogP contribution in [-0.4, -0.2) is 48.4 Å². The number of phenolic OH excluding ortho intramolecular Hbond substituents is 1. The number of hydrogen-bond acceptors (Lipinski definition) is 6. The Bertz CT molecular complexity index is 1040. The average molecular weight is 453 g/mol. The zero-order valence-corrected chi connectivity index (χ0v) is 20.0. The van der Waals surface area contributed by atoms with E-state index in [0.717, 1.165) is 10.8 Å². The zero-order valence-electron chi connectivity index (χ0n) is 20.0. The first-order chi connectivity index (χ1) is 15.6. The Morgan fingerprint density at radius 3 is 2.09 bits per heavy atom. The zero-order chi connectivity index (χ0) is 24.7. The fourth-order valence-corrected chi connectivity index (χ4v) is 2.99. The highest BCUT2D eigenvalue weighted by Gasteiger charge is 2.39. The summed E-state index contributed by atoms with van der Waals surface area (Å²) in [6, 6.07) is 13.2. The van der Waals surface area contributed by atoms with Crippen molar-refractivity contribution in [1.29, 1.82) is 0 Å². The summed E-state index contributed by atoms with van der Waals surface area (Å²) in [6.45, 7) is 8.73. The SMILES string of the molecule is CC(C)C.CCNC1=C(Nc2cccc(C(=O)N(C)C)c2O)C(=O)N(c2ccccc2)C1=O. The van der Waals surface area contributed by atoms with Gasteiger partial charge in [-0.1, -0.05) is 45.0 Å². The molecule has 1 aliphatic heterocycles. The fourth-order valence-electron chi connectivity index (χ4n) is 2.99. The van der Waals surface area contributed by atoms with Crippen molar-refractivity contribution in [3.05, 3.63) is 65.5 Å². The van der Waals surface area contributed by atoms with Crippen LogP contribution in [0.4, 0.5) is 11.4 Å². The molecule has 0 fully saturated rings. The minimum absolute atomic E-state index is 0.00505. The van der Waals surface area contributed by atoms with E-state index in [1.54, 1.807) is 57.4 Å². The molecule has 0 aliphatic carbocycles. The first kappa shape index (κ1) is 25.5. The molecule has 3 rings (SSSR count). The molecule has 0 radical (unpaired) electrons. The van der Waals surface area contributed by atoms with E-state index in [-0.39, 0.29) is 34.3 Å². The molecule has 0 spiro atoms. The number of nitrogens with one attached hydrogen (secondary N) is 2. The van der Waals surface area contributed by atoms with Gasteiger partial charge < -0.3 is 20.6 Å². The highest BCUT2D eigenvalue weighted by molar-refractivity contribution is 6.33. The molecule has 2 aromatic carbocycles. The maximum absolute atomic E-state index is 13.0. The van der Waals surface area contributed by atoms with Crippen LogP contribution >= 0.6 is 0 Å². The third-order valence-electron chi connectivity index (χ3n) is 4.38. The predicted molar refractivity (Wildman–Crippen MR) is 130 cm³/mol. The number of hydrogen-bond donors (Lipinski definition) is 3. The first-order valence-corrected chi connectivity index (χ1v) is 10.8. The van der Waals surface area contributed by atoms with E-state index < -0.39 is 11.8 Å². The Labute approximate surface area is 194 Å². The van der Waals surface area contributed by atoms with Crippen molar-refractivity contribution in [3.8, 4) is 5.75 Å². The van der Waals surface area contributed by atoms with E-state index >= 15 is 0 Å². The van der Waals surface area contributed by atoms with Crippen LogP contribution in [0, 0.1) is 5.92 Å². The number of carbonyl (C=O) groups is 3. The van der Waals surface area contributed by atoms with Crippen LogP contribution in [0.5, 0.6) is 5.75 Å². The van der Waals surface area contributed by atoms with Gasteiger partial charge in [0.2, 0.25) is 0 Å². The van der Waals surface area contributed by atoms with Crippen LogP contribution in [0.15, 0.2) is 59.9 Å². The molecular weight excluding hydrogens is 420 g/mol. The van der Waals surface area contributed by atoms with Gasteiger partial charge in [0.25, 0.3) is 17.7 Å². The Morgan fingerprint density at radius 1 is 0.970 bits per heavy atom. The largest absolute Gasteiger partial charge is 0.505 e. The van der Waals surface area contributed by atoms with Gasteiger partial charge in [0.1, 0.15) is 11.4 Å². The molecule has 0 saturated heterocycles. The normalized spacial score (nSPS) is 13.1. The lowest BCUT2D eigenvalue weighted by atomic mass is 10.1. The molecule has 0 saturated carbocycles. The summed E-state index contributed by atoms with van der Waals surface area (Å²) in [6.07, 6.45) is 0. The summed E-state index contributed by atoms with van der Waals surface area (Å²) in [5.74, 6) is -0.897. The molecule has 176 valence electrons. The van der Waals surface area contributed by atoms with Gasteiger partial charge in [0.15, 0.2) is 5.75 Å². The number of carbonyl (C=O) groups excluding carboxylic acids is 3. The van der Waals surface area contributed by atoms with Crippen LogP contribution in [-0.2, 0) is 9.59 Å². The number of likely N-dealkylation sites (N-methyl/N-ethyl adjacent to an activating group) is 1. The van der Waals surface area contributed by atoms with Gasteiger partial charge in [-0.25, -0.2) is 4.90 Å². The summed E-state index contributed by atoms with van der Waals surface area (Å²) in [7, 11) is 3.15. The molecule has 2 aromatic rings. The Hall–Kier alpha value is -3.81. The Kier molecular flexibility index (Phi) is 8.62. The number of amides is 3. The van der Waals surface area contributed by atoms with Crippen molar-refractivity contribution < 1.29 is 19.5 Å². The molecule has 1 aliphatic rings. The number of para-hydroxylation sites is 2. The highest BCUT2D eigenvalue weighted by atomic mass is 16.3. The van der Waals surface area contributed by atoms with Gasteiger partial charge in [0.05, 0.1) is 16.9 Å². The van der Waals surface area contributed by atoms with Crippen molar-refractivity contribution in [2.75, 3.05) is 30.9 Å². The second-order valence-corrected chi connectivity index (χ2v) is 8.32. The standard InChI is InChI=1S/C21H22N4O4.C4H10/c1-4-22-16-17(21(29)25(20(16)28)13-9-6-5-7-10-13)23-15-12-8-11-14(18(15)26)19(27)24(2)3;1-4(2)3/h5-12,22-23,26H,4H2,1-3H3;4H,1-3H3. The van der Waals surface area contributed by atoms with E-state index in [4.69, 9.17) is 0 Å². The summed E-state index contributed by atoms with van der Waals surface area (Å²) in [5, 5.41) is 16.3. The molecule has 0 unspecified atom stereocenters. The molecule has 0 bridgehead atoms. The molecule has 33 heavy (non-hydrogen) atoms. The van der Waals surface area contributed by atoms with Gasteiger partial charge in [-0.05, 0) is 37.1 Å². The molecule has 1 heterocycles. The monoisotopic (exact) mass is 452 g/mol. The molecule has 3 N–H and O–H groups in total. The van der Waals surface area contributed by atoms with E-state index in [1.165, 1.54) is 17.0 Å². The van der Waals surface area contributed by atoms with Gasteiger partial charge in [-0.15, -0.1) is 0 Å². The van der Waals surface area contributed by atoms with E-state index in [2.05, 4.69) is 31.4 Å². The van der Waals surface area contributed by atoms with Crippen molar-refractivity contribution in [2.24, 2.45) is 5.92 Å². The number of benzene rings is 2. The van der Waals surface area contributed by atoms with Gasteiger partial charge in [0, 0.05) is 20.6 Å². The minimum Gasteiger partial charge on any atom is -0.505 e. The van der Waals surface area contributed by atoms with E-state index in [0.29, 0.717) is 12.2 Å². The summed E-state index contributed by atoms with van der Waals surface area (Å²) in [5.41, 5.74) is 0.785. The Balaban J connectivity index is 0.000000890. The average Bonchev–Trinajstić information content (AvgIpc) is 2.99. The quantitative estimate of drug-likeness (QED) is 0.458. The minimum atomic E-state index is -0.555. The highest BCUT2D eigenvalue weighted by Crippen LogP contribution is 2.32. The number of rotatable bonds is 6. The lowest BCUT2D eigenvalue weighted by Gasteiger charge is -2.16. The molecule has 0 aromatic heterocycles. The second kappa shape index (κ2) is 11.2. The Morgan fingerprint density at radius 2 is 1.55 bits per heavy atom. The summed E-state index contributed by atoms with van der Waals surface area (Å²) < 4.78 is 0. The van der Waals surface area contributed by atoms with Crippen molar-refractivity contribution in [3.63, 3.8) is 0 Å². The van der Waals surface area contributed by atoms with Crippen LogP contribution in [0.1, 0.15) is 38.1 Å². The third kappa shape index (κ3) is 5.91. The molecule has 0 atom stereocenters. The maximum atomic E-state index is 13.0. The van der Waals surface area contributed by atoms with Crippen LogP contribution < -0.4 is 15.5 Å². The van der Waals surface area contributed by atoms with Crippen LogP contribution in [0.3, 0.4) is 0 Å². The molecule has 3 amide bonds. The van der Waals surface area contributed by atoms with Crippen molar-refractivity contribution >= 4 is 29.1 Å². The smallest absolute Gasteiger partial charge is 0.284 e. The van der Waals surface area contributed by atoms with Crippen LogP contribution in [0.2, 0.25) is 0 Å². The van der Waals surface area contributed by atoms with Crippen molar-refractivity contribution in [2.45, 2.75) is 27.7 Å². The second-order valence-electron chi connectivity index (χ2n) is 8.32. The van der Waals surface area contributed by atoms with Gasteiger partial charge in [-0.3, -0.25) is 14.4 Å². The first-order valence-electron chi connectivity index (χ1n) is 10.8. The fraction of sp³-hybridized carbons (Fsp3) is 0.320. The third-order valence-corrected chi connectivity index (χ3v) is 4.38. The van der Waals surface area contributed by atoms with Crippen molar-refractivity contribution in [1.82, 2.24) is 10.2 Å². The maximum Gasteiger partial charge on any atom is 0.284 e. The van der Waals surface area contributed by atoms with Crippen LogP contribution in [0.25, 0.3) is 0 Å². The molecule has 8 heteroatoms. The van der Waals surface area contributed by atoms with E-state index in [9.17, 15) is 19.5 Å². The van der Waals surface area contributed by atoms with Gasteiger partial charge >= 0.3 is 0 Å². The lowest BCUT2D eigenvalue weighted by Crippen LogP contribution is -2.33. The number of nitrogens with zero attached hydrogens (tertiary/aromatic N) is 2.